The molecule has 25 heavy (non-hydrogen) atoms. The first-order chi connectivity index (χ1) is 12.3. The van der Waals surface area contributed by atoms with Crippen molar-refractivity contribution in [1.29, 1.82) is 0 Å². The molecule has 1 aliphatic heterocycles. The van der Waals surface area contributed by atoms with Crippen LogP contribution in [0.5, 0.6) is 0 Å². The molecule has 2 aromatic rings. The van der Waals surface area contributed by atoms with Gasteiger partial charge in [0.2, 0.25) is 0 Å². The van der Waals surface area contributed by atoms with Crippen LogP contribution < -0.4 is 15.3 Å². The smallest absolute Gasteiger partial charge is 0.274 e. The number of nitrogens with zero attached hydrogens (tertiary/aromatic N) is 4. The molecule has 0 bridgehead atoms. The molecule has 0 saturated carbocycles. The molecule has 6 nitrogen and oxygen atoms in total. The van der Waals surface area contributed by atoms with Gasteiger partial charge in [-0.1, -0.05) is 30.5 Å². The third-order valence-electron chi connectivity index (χ3n) is 4.03. The van der Waals surface area contributed by atoms with Crippen molar-refractivity contribution in [2.75, 3.05) is 37.3 Å². The Bertz CT molecular complexity index is 711. The van der Waals surface area contributed by atoms with Crippen LogP contribution in [0.2, 0.25) is 0 Å². The van der Waals surface area contributed by atoms with Crippen LogP contribution in [-0.4, -0.2) is 47.5 Å². The van der Waals surface area contributed by atoms with E-state index >= 15 is 0 Å². The maximum Gasteiger partial charge on any atom is 0.274 e. The minimum atomic E-state index is 0.699. The highest BCUT2D eigenvalue weighted by Crippen LogP contribution is 2.14. The van der Waals surface area contributed by atoms with Crippen molar-refractivity contribution >= 4 is 28.4 Å². The van der Waals surface area contributed by atoms with Gasteiger partial charge in [-0.3, -0.25) is 15.3 Å². The first-order valence-electron chi connectivity index (χ1n) is 8.22. The van der Waals surface area contributed by atoms with Gasteiger partial charge in [0.1, 0.15) is 13.1 Å². The molecule has 0 aromatic carbocycles. The number of hydrogen-bond acceptors (Lipinski definition) is 5. The first kappa shape index (κ1) is 17.3. The van der Waals surface area contributed by atoms with Crippen molar-refractivity contribution in [3.8, 4) is 0 Å². The lowest BCUT2D eigenvalue weighted by Crippen LogP contribution is -2.49. The standard InChI is InChI=1S/C18H22N6S/c1-15(16-7-3-5-9-19-16)21-22-18(25-2)24-13-11-23(12-14-24)17-8-4-6-10-20-17/h3-10,21H,1,11-14H2,2H3/p+1. The second kappa shape index (κ2) is 8.53. The van der Waals surface area contributed by atoms with Crippen LogP contribution in [0.15, 0.2) is 60.5 Å². The average molecular weight is 355 g/mol. The quantitative estimate of drug-likeness (QED) is 0.516. The maximum atomic E-state index is 4.53. The molecular weight excluding hydrogens is 332 g/mol. The van der Waals surface area contributed by atoms with Crippen molar-refractivity contribution in [3.05, 3.63) is 61.1 Å². The number of aromatic nitrogens is 2. The van der Waals surface area contributed by atoms with Gasteiger partial charge in [0.25, 0.3) is 5.82 Å². The van der Waals surface area contributed by atoms with Crippen molar-refractivity contribution in [1.82, 2.24) is 15.3 Å². The summed E-state index contributed by atoms with van der Waals surface area (Å²) in [5, 5.41) is 5.50. The van der Waals surface area contributed by atoms with Gasteiger partial charge in [-0.25, -0.2) is 4.98 Å². The van der Waals surface area contributed by atoms with Gasteiger partial charge < -0.3 is 4.90 Å². The summed E-state index contributed by atoms with van der Waals surface area (Å²) in [6.45, 7) is 7.79. The summed E-state index contributed by atoms with van der Waals surface area (Å²) in [5.74, 6) is 1.16. The number of aromatic amines is 1. The van der Waals surface area contributed by atoms with Crippen molar-refractivity contribution in [3.63, 3.8) is 0 Å². The molecule has 1 aliphatic rings. The number of hydrazone groups is 1. The molecule has 3 heterocycles. The Morgan fingerprint density at radius 1 is 1.20 bits per heavy atom. The third-order valence-corrected chi connectivity index (χ3v) is 4.74. The summed E-state index contributed by atoms with van der Waals surface area (Å²) < 4.78 is 0. The Labute approximate surface area is 152 Å². The zero-order valence-electron chi connectivity index (χ0n) is 14.4. The van der Waals surface area contributed by atoms with Crippen molar-refractivity contribution < 1.29 is 4.98 Å². The second-order valence-electron chi connectivity index (χ2n) is 5.63. The van der Waals surface area contributed by atoms with Gasteiger partial charge in [0, 0.05) is 12.3 Å². The van der Waals surface area contributed by atoms with E-state index in [-0.39, 0.29) is 0 Å². The molecule has 0 spiro atoms. The van der Waals surface area contributed by atoms with E-state index in [9.17, 15) is 0 Å². The fourth-order valence-electron chi connectivity index (χ4n) is 2.68. The van der Waals surface area contributed by atoms with Crippen LogP contribution >= 0.6 is 11.8 Å². The number of amidine groups is 1. The number of anilines is 1. The van der Waals surface area contributed by atoms with E-state index in [0.29, 0.717) is 5.70 Å². The molecule has 3 rings (SSSR count). The molecular formula is C18H23N6S+. The Morgan fingerprint density at radius 3 is 2.64 bits per heavy atom. The van der Waals surface area contributed by atoms with Gasteiger partial charge in [-0.2, -0.15) is 5.10 Å². The Kier molecular flexibility index (Phi) is 5.90. The highest BCUT2D eigenvalue weighted by molar-refractivity contribution is 8.13. The summed E-state index contributed by atoms with van der Waals surface area (Å²) in [4.78, 5) is 12.2. The van der Waals surface area contributed by atoms with Crippen LogP contribution in [0.1, 0.15) is 5.69 Å². The average Bonchev–Trinajstić information content (AvgIpc) is 2.70. The highest BCUT2D eigenvalue weighted by atomic mass is 32.2. The number of nitrogens with one attached hydrogen (secondary N) is 2. The number of pyridine rings is 2. The molecule has 1 fully saturated rings. The lowest BCUT2D eigenvalue weighted by Gasteiger charge is -2.32. The first-order valence-corrected chi connectivity index (χ1v) is 9.45. The number of rotatable bonds is 4. The highest BCUT2D eigenvalue weighted by Gasteiger charge is 2.24. The number of H-pyrrole nitrogens is 1. The van der Waals surface area contributed by atoms with Crippen LogP contribution in [-0.2, 0) is 0 Å². The lowest BCUT2D eigenvalue weighted by atomic mass is 10.3. The molecule has 2 aromatic heterocycles. The number of thioether (sulfide) groups is 1. The second-order valence-corrected chi connectivity index (χ2v) is 6.40. The van der Waals surface area contributed by atoms with Crippen LogP contribution in [0.25, 0.3) is 5.70 Å². The summed E-state index contributed by atoms with van der Waals surface area (Å²) in [6, 6.07) is 11.9. The van der Waals surface area contributed by atoms with E-state index in [1.54, 1.807) is 18.0 Å². The Morgan fingerprint density at radius 2 is 2.00 bits per heavy atom. The Hall–Kier alpha value is -2.54. The van der Waals surface area contributed by atoms with Gasteiger partial charge in [-0.15, -0.1) is 0 Å². The normalized spacial score (nSPS) is 15.2. The predicted molar refractivity (Wildman–Crippen MR) is 104 cm³/mol. The SMILES string of the molecule is C=C(NN=C(SC)N1CCN(c2cccc[nH+]2)CC1)c1ccccn1. The molecule has 0 aliphatic carbocycles. The van der Waals surface area contributed by atoms with Crippen molar-refractivity contribution in [2.45, 2.75) is 0 Å². The Balaban J connectivity index is 1.58. The van der Waals surface area contributed by atoms with Crippen LogP contribution in [0.4, 0.5) is 5.82 Å². The van der Waals surface area contributed by atoms with Crippen LogP contribution in [0, 0.1) is 0 Å². The summed E-state index contributed by atoms with van der Waals surface area (Å²) >= 11 is 1.64. The van der Waals surface area contributed by atoms with Gasteiger partial charge in [0.05, 0.1) is 30.7 Å². The molecule has 0 radical (unpaired) electrons. The molecule has 0 amide bonds. The van der Waals surface area contributed by atoms with E-state index in [1.807, 2.05) is 36.7 Å². The van der Waals surface area contributed by atoms with Gasteiger partial charge in [0.15, 0.2) is 5.17 Å². The third kappa shape index (κ3) is 4.51. The largest absolute Gasteiger partial charge is 0.342 e. The zero-order chi connectivity index (χ0) is 17.5. The zero-order valence-corrected chi connectivity index (χ0v) is 15.2. The number of piperazine rings is 1. The molecule has 2 N–H and O–H groups in total. The molecule has 0 atom stereocenters. The summed E-state index contributed by atoms with van der Waals surface area (Å²) in [5.41, 5.74) is 4.54. The minimum absolute atomic E-state index is 0.699. The predicted octanol–water partition coefficient (Wildman–Crippen LogP) is 1.91. The van der Waals surface area contributed by atoms with E-state index in [4.69, 9.17) is 0 Å². The maximum absolute atomic E-state index is 4.53. The van der Waals surface area contributed by atoms with E-state index in [0.717, 1.165) is 42.9 Å². The van der Waals surface area contributed by atoms with E-state index in [2.05, 4.69) is 49.0 Å². The number of hydrogen-bond donors (Lipinski definition) is 1. The monoisotopic (exact) mass is 355 g/mol. The van der Waals surface area contributed by atoms with E-state index in [1.165, 1.54) is 0 Å². The summed E-state index contributed by atoms with van der Waals surface area (Å²) in [7, 11) is 0. The van der Waals surface area contributed by atoms with Crippen LogP contribution in [0.3, 0.4) is 0 Å². The molecule has 0 unspecified atom stereocenters. The fourth-order valence-corrected chi connectivity index (χ4v) is 3.26. The molecule has 130 valence electrons. The van der Waals surface area contributed by atoms with Crippen molar-refractivity contribution in [2.24, 2.45) is 5.10 Å². The topological polar surface area (TPSA) is 57.9 Å². The van der Waals surface area contributed by atoms with Gasteiger partial charge >= 0.3 is 0 Å². The minimum Gasteiger partial charge on any atom is -0.342 e. The lowest BCUT2D eigenvalue weighted by molar-refractivity contribution is -0.364. The fraction of sp³-hybridized carbons (Fsp3) is 0.278. The summed E-state index contributed by atoms with van der Waals surface area (Å²) in [6.07, 6.45) is 5.76. The van der Waals surface area contributed by atoms with Gasteiger partial charge in [-0.05, 0) is 24.5 Å². The molecule has 7 heteroatoms. The van der Waals surface area contributed by atoms with E-state index < -0.39 is 0 Å². The molecule has 1 saturated heterocycles.